The predicted octanol–water partition coefficient (Wildman–Crippen LogP) is 0.413. The van der Waals surface area contributed by atoms with Crippen molar-refractivity contribution in [1.82, 2.24) is 20.6 Å². The molecule has 29 heavy (non-hydrogen) atoms. The van der Waals surface area contributed by atoms with Crippen molar-refractivity contribution in [2.24, 2.45) is 0 Å². The number of allylic oxidation sites excluding steroid dienone is 3. The first kappa shape index (κ1) is 24.5. The Morgan fingerprint density at radius 1 is 1.31 bits per heavy atom. The van der Waals surface area contributed by atoms with Crippen LogP contribution in [0, 0.1) is 0 Å². The standard InChI is InChI=1S/C18H29N5O5S/c1-4-29(27,28)12-15-10-16(21-14(3)11-25)23-17(22-15)13(2)6-5-7-19-18(26)20-8-9-24/h5-7,10,14,24-25H,4,8-9,11-12H2,1-3H3,(H2,19,20,26)(H,21,22,23)/b7-5+,13-6+/t14-/m0/s1. The highest BCUT2D eigenvalue weighted by atomic mass is 32.2. The molecule has 5 N–H and O–H groups in total. The molecule has 1 aromatic heterocycles. The molecular weight excluding hydrogens is 398 g/mol. The van der Waals surface area contributed by atoms with Gasteiger partial charge in [0.2, 0.25) is 0 Å². The molecule has 2 amide bonds. The lowest BCUT2D eigenvalue weighted by Gasteiger charge is -2.14. The highest BCUT2D eigenvalue weighted by molar-refractivity contribution is 7.90. The fraction of sp³-hybridized carbons (Fsp3) is 0.500. The molecule has 0 unspecified atom stereocenters. The molecule has 1 heterocycles. The summed E-state index contributed by atoms with van der Waals surface area (Å²) in [6, 6.07) is 0.840. The van der Waals surface area contributed by atoms with Crippen LogP contribution in [-0.4, -0.2) is 66.2 Å². The Morgan fingerprint density at radius 3 is 2.66 bits per heavy atom. The molecule has 11 heteroatoms. The van der Waals surface area contributed by atoms with Gasteiger partial charge in [0, 0.05) is 30.6 Å². The van der Waals surface area contributed by atoms with Crippen molar-refractivity contribution in [1.29, 1.82) is 0 Å². The minimum atomic E-state index is -3.28. The largest absolute Gasteiger partial charge is 0.395 e. The number of carbonyl (C=O) groups is 1. The van der Waals surface area contributed by atoms with Gasteiger partial charge in [-0.05, 0) is 25.5 Å². The van der Waals surface area contributed by atoms with Crippen molar-refractivity contribution in [3.05, 3.63) is 35.9 Å². The lowest BCUT2D eigenvalue weighted by molar-refractivity contribution is 0.237. The van der Waals surface area contributed by atoms with Gasteiger partial charge in [0.05, 0.1) is 24.7 Å². The van der Waals surface area contributed by atoms with Gasteiger partial charge in [-0.2, -0.15) is 0 Å². The van der Waals surface area contributed by atoms with Crippen LogP contribution in [0.4, 0.5) is 10.6 Å². The molecule has 0 aliphatic carbocycles. The Bertz CT molecular complexity index is 839. The third kappa shape index (κ3) is 9.50. The molecule has 0 saturated heterocycles. The smallest absolute Gasteiger partial charge is 0.318 e. The number of aliphatic hydroxyl groups excluding tert-OH is 2. The van der Waals surface area contributed by atoms with Crippen LogP contribution in [0.1, 0.15) is 32.3 Å². The topological polar surface area (TPSA) is 154 Å². The van der Waals surface area contributed by atoms with Crippen LogP contribution in [0.3, 0.4) is 0 Å². The lowest BCUT2D eigenvalue weighted by atomic mass is 10.2. The summed E-state index contributed by atoms with van der Waals surface area (Å²) >= 11 is 0. The Hall–Kier alpha value is -2.50. The number of nitrogens with one attached hydrogen (secondary N) is 3. The molecule has 10 nitrogen and oxygen atoms in total. The van der Waals surface area contributed by atoms with Gasteiger partial charge in [-0.25, -0.2) is 23.2 Å². The van der Waals surface area contributed by atoms with Gasteiger partial charge >= 0.3 is 6.03 Å². The van der Waals surface area contributed by atoms with Crippen molar-refractivity contribution in [3.8, 4) is 0 Å². The van der Waals surface area contributed by atoms with Crippen molar-refractivity contribution in [2.75, 3.05) is 30.8 Å². The van der Waals surface area contributed by atoms with E-state index in [1.807, 2.05) is 0 Å². The fourth-order valence-electron chi connectivity index (χ4n) is 2.06. The molecule has 0 saturated carbocycles. The van der Waals surface area contributed by atoms with E-state index in [1.54, 1.807) is 39.0 Å². The average Bonchev–Trinajstić information content (AvgIpc) is 2.68. The van der Waals surface area contributed by atoms with E-state index in [1.165, 1.54) is 6.20 Å². The summed E-state index contributed by atoms with van der Waals surface area (Å²) in [5, 5.41) is 25.8. The zero-order valence-electron chi connectivity index (χ0n) is 16.8. The van der Waals surface area contributed by atoms with Gasteiger partial charge in [0.25, 0.3) is 0 Å². The van der Waals surface area contributed by atoms with Crippen LogP contribution in [0.2, 0.25) is 0 Å². The normalized spacial score (nSPS) is 13.3. The first-order valence-electron chi connectivity index (χ1n) is 9.15. The van der Waals surface area contributed by atoms with E-state index in [-0.39, 0.29) is 37.3 Å². The monoisotopic (exact) mass is 427 g/mol. The highest BCUT2D eigenvalue weighted by Gasteiger charge is 2.14. The van der Waals surface area contributed by atoms with Gasteiger partial charge < -0.3 is 26.2 Å². The summed E-state index contributed by atoms with van der Waals surface area (Å²) in [4.78, 5) is 20.1. The third-order valence-corrected chi connectivity index (χ3v) is 5.28. The number of sulfone groups is 1. The maximum atomic E-state index is 12.0. The zero-order valence-corrected chi connectivity index (χ0v) is 17.7. The number of amides is 2. The third-order valence-electron chi connectivity index (χ3n) is 3.66. The second-order valence-electron chi connectivity index (χ2n) is 6.31. The molecule has 0 aromatic carbocycles. The number of hydrogen-bond donors (Lipinski definition) is 5. The molecule has 1 rings (SSSR count). The van der Waals surface area contributed by atoms with Crippen molar-refractivity contribution < 1.29 is 23.4 Å². The van der Waals surface area contributed by atoms with E-state index in [2.05, 4.69) is 25.9 Å². The quantitative estimate of drug-likeness (QED) is 0.318. The Kier molecular flexibility index (Phi) is 10.3. The first-order chi connectivity index (χ1) is 13.7. The van der Waals surface area contributed by atoms with E-state index in [4.69, 9.17) is 5.11 Å². The summed E-state index contributed by atoms with van der Waals surface area (Å²) in [5.41, 5.74) is 0.997. The number of carbonyl (C=O) groups excluding carboxylic acids is 1. The summed E-state index contributed by atoms with van der Waals surface area (Å²) in [7, 11) is -3.28. The van der Waals surface area contributed by atoms with Gasteiger partial charge in [-0.15, -0.1) is 0 Å². The van der Waals surface area contributed by atoms with E-state index in [0.717, 1.165) is 0 Å². The minimum absolute atomic E-state index is 0.00369. The maximum Gasteiger partial charge on any atom is 0.318 e. The molecule has 1 atom stereocenters. The van der Waals surface area contributed by atoms with Crippen LogP contribution >= 0.6 is 0 Å². The molecule has 0 bridgehead atoms. The van der Waals surface area contributed by atoms with Gasteiger partial charge in [-0.1, -0.05) is 13.0 Å². The van der Waals surface area contributed by atoms with Crippen LogP contribution < -0.4 is 16.0 Å². The van der Waals surface area contributed by atoms with Crippen molar-refractivity contribution >= 4 is 27.3 Å². The van der Waals surface area contributed by atoms with Crippen LogP contribution in [0.15, 0.2) is 24.4 Å². The van der Waals surface area contributed by atoms with Crippen LogP contribution in [0.5, 0.6) is 0 Å². The highest BCUT2D eigenvalue weighted by Crippen LogP contribution is 2.16. The number of anilines is 1. The van der Waals surface area contributed by atoms with E-state index in [9.17, 15) is 18.3 Å². The lowest BCUT2D eigenvalue weighted by Crippen LogP contribution is -2.33. The number of nitrogens with zero attached hydrogens (tertiary/aromatic N) is 2. The van der Waals surface area contributed by atoms with Crippen LogP contribution in [-0.2, 0) is 15.6 Å². The SMILES string of the molecule is CCS(=O)(=O)Cc1cc(N[C@@H](C)CO)nc(/C(C)=C/C=C/NC(=O)NCCO)n1. The number of aromatic nitrogens is 2. The first-order valence-corrected chi connectivity index (χ1v) is 11.0. The second-order valence-corrected chi connectivity index (χ2v) is 8.66. The molecule has 0 radical (unpaired) electrons. The maximum absolute atomic E-state index is 12.0. The van der Waals surface area contributed by atoms with E-state index in [0.29, 0.717) is 22.9 Å². The summed E-state index contributed by atoms with van der Waals surface area (Å²) in [6.07, 6.45) is 4.66. The van der Waals surface area contributed by atoms with Gasteiger partial charge in [0.1, 0.15) is 5.82 Å². The number of rotatable bonds is 11. The molecule has 162 valence electrons. The van der Waals surface area contributed by atoms with Gasteiger partial charge in [-0.3, -0.25) is 0 Å². The fourth-order valence-corrected chi connectivity index (χ4v) is 2.86. The molecule has 1 aromatic rings. The predicted molar refractivity (Wildman–Crippen MR) is 112 cm³/mol. The van der Waals surface area contributed by atoms with Crippen molar-refractivity contribution in [2.45, 2.75) is 32.6 Å². The number of aliphatic hydroxyl groups is 2. The molecular formula is C18H29N5O5S. The Morgan fingerprint density at radius 2 is 2.03 bits per heavy atom. The molecule has 0 aliphatic heterocycles. The Balaban J connectivity index is 3.04. The second kappa shape index (κ2) is 12.1. The van der Waals surface area contributed by atoms with E-state index < -0.39 is 15.9 Å². The Labute approximate surface area is 171 Å². The minimum Gasteiger partial charge on any atom is -0.395 e. The average molecular weight is 428 g/mol. The number of hydrogen-bond acceptors (Lipinski definition) is 8. The molecule has 0 aliphatic rings. The van der Waals surface area contributed by atoms with Crippen LogP contribution in [0.25, 0.3) is 5.57 Å². The van der Waals surface area contributed by atoms with E-state index >= 15 is 0 Å². The number of urea groups is 1. The molecule has 0 fully saturated rings. The summed E-state index contributed by atoms with van der Waals surface area (Å²) < 4.78 is 24.0. The van der Waals surface area contributed by atoms with Gasteiger partial charge in [0.15, 0.2) is 15.7 Å². The summed E-state index contributed by atoms with van der Waals surface area (Å²) in [6.45, 7) is 4.99. The van der Waals surface area contributed by atoms with Crippen molar-refractivity contribution in [3.63, 3.8) is 0 Å². The molecule has 0 spiro atoms. The zero-order chi connectivity index (χ0) is 21.9. The summed E-state index contributed by atoms with van der Waals surface area (Å²) in [5.74, 6) is 0.535.